The predicted octanol–water partition coefficient (Wildman–Crippen LogP) is -0.792. The molecule has 1 amide bonds. The Labute approximate surface area is 77.5 Å². The quantitative estimate of drug-likeness (QED) is 0.393. The molecule has 2 N–H and O–H groups in total. The maximum atomic E-state index is 11.1. The summed E-state index contributed by atoms with van der Waals surface area (Å²) in [6.45, 7) is 1.72. The number of hydrogen-bond acceptors (Lipinski definition) is 4. The molecule has 0 aliphatic heterocycles. The summed E-state index contributed by atoms with van der Waals surface area (Å²) in [5.41, 5.74) is 0. The van der Waals surface area contributed by atoms with Gasteiger partial charge in [-0.25, -0.2) is 0 Å². The van der Waals surface area contributed by atoms with Crippen molar-refractivity contribution in [3.05, 3.63) is 0 Å². The first-order valence-corrected chi connectivity index (χ1v) is 4.32. The van der Waals surface area contributed by atoms with Gasteiger partial charge in [-0.2, -0.15) is 12.6 Å². The normalized spacial score (nSPS) is 14.9. The Balaban J connectivity index is 3.89. The molecular formula is C7H14N2O2S. The van der Waals surface area contributed by atoms with Gasteiger partial charge in [0.1, 0.15) is 6.29 Å². The van der Waals surface area contributed by atoms with Crippen molar-refractivity contribution in [2.75, 3.05) is 12.8 Å². The lowest BCUT2D eigenvalue weighted by atomic mass is 10.3. The van der Waals surface area contributed by atoms with Crippen LogP contribution in [0, 0.1) is 0 Å². The van der Waals surface area contributed by atoms with Crippen molar-refractivity contribution in [1.82, 2.24) is 10.6 Å². The van der Waals surface area contributed by atoms with Crippen molar-refractivity contribution < 1.29 is 9.59 Å². The van der Waals surface area contributed by atoms with E-state index in [-0.39, 0.29) is 11.9 Å². The second-order valence-electron chi connectivity index (χ2n) is 2.44. The Morgan fingerprint density at radius 2 is 2.25 bits per heavy atom. The maximum absolute atomic E-state index is 11.1. The highest BCUT2D eigenvalue weighted by Crippen LogP contribution is 1.86. The zero-order chi connectivity index (χ0) is 9.56. The van der Waals surface area contributed by atoms with Crippen LogP contribution in [0.5, 0.6) is 0 Å². The molecule has 70 valence electrons. The molecule has 4 nitrogen and oxygen atoms in total. The summed E-state index contributed by atoms with van der Waals surface area (Å²) in [4.78, 5) is 21.4. The number of aldehydes is 1. The number of carbonyl (C=O) groups is 2. The Morgan fingerprint density at radius 3 is 2.58 bits per heavy atom. The van der Waals surface area contributed by atoms with Crippen molar-refractivity contribution in [3.8, 4) is 0 Å². The lowest BCUT2D eigenvalue weighted by Gasteiger charge is -2.14. The number of hydrogen-bond donors (Lipinski definition) is 3. The number of likely N-dealkylation sites (N-methyl/N-ethyl adjacent to an activating group) is 1. The molecular weight excluding hydrogens is 176 g/mol. The second kappa shape index (κ2) is 6.02. The van der Waals surface area contributed by atoms with Gasteiger partial charge in [0.05, 0.1) is 12.1 Å². The lowest BCUT2D eigenvalue weighted by Crippen LogP contribution is -2.46. The Hall–Kier alpha value is -0.550. The largest absolute Gasteiger partial charge is 0.344 e. The summed E-state index contributed by atoms with van der Waals surface area (Å²) in [5, 5.41) is 5.29. The van der Waals surface area contributed by atoms with Gasteiger partial charge in [-0.15, -0.1) is 0 Å². The molecule has 0 aromatic heterocycles. The number of amides is 1. The van der Waals surface area contributed by atoms with Crippen molar-refractivity contribution >= 4 is 24.8 Å². The second-order valence-corrected chi connectivity index (χ2v) is 2.81. The van der Waals surface area contributed by atoms with Gasteiger partial charge in [-0.1, -0.05) is 0 Å². The predicted molar refractivity (Wildman–Crippen MR) is 50.4 cm³/mol. The van der Waals surface area contributed by atoms with Crippen LogP contribution in [0.15, 0.2) is 0 Å². The van der Waals surface area contributed by atoms with Gasteiger partial charge in [0.2, 0.25) is 5.91 Å². The van der Waals surface area contributed by atoms with Gasteiger partial charge >= 0.3 is 0 Å². The Morgan fingerprint density at radius 1 is 1.67 bits per heavy atom. The highest BCUT2D eigenvalue weighted by molar-refractivity contribution is 7.80. The minimum Gasteiger partial charge on any atom is -0.344 e. The van der Waals surface area contributed by atoms with Gasteiger partial charge in [0, 0.05) is 5.75 Å². The van der Waals surface area contributed by atoms with Crippen LogP contribution < -0.4 is 10.6 Å². The Kier molecular flexibility index (Phi) is 5.74. The molecule has 2 unspecified atom stereocenters. The van der Waals surface area contributed by atoms with Gasteiger partial charge in [-0.05, 0) is 14.0 Å². The molecule has 0 aromatic carbocycles. The van der Waals surface area contributed by atoms with E-state index in [1.54, 1.807) is 14.0 Å². The van der Waals surface area contributed by atoms with Crippen LogP contribution >= 0.6 is 12.6 Å². The molecule has 5 heteroatoms. The smallest absolute Gasteiger partial charge is 0.237 e. The molecule has 0 saturated carbocycles. The number of rotatable bonds is 5. The fourth-order valence-corrected chi connectivity index (χ4v) is 0.739. The third kappa shape index (κ3) is 3.73. The average molecular weight is 190 g/mol. The van der Waals surface area contributed by atoms with Gasteiger partial charge in [0.15, 0.2) is 0 Å². The van der Waals surface area contributed by atoms with E-state index in [0.717, 1.165) is 0 Å². The SMILES string of the molecule is CNC(C)C(=O)NC(C=O)CS. The molecule has 0 fully saturated rings. The first-order chi connectivity index (χ1) is 5.65. The molecule has 2 atom stereocenters. The summed E-state index contributed by atoms with van der Waals surface area (Å²) in [7, 11) is 1.68. The van der Waals surface area contributed by atoms with Crippen LogP contribution in [-0.4, -0.2) is 37.1 Å². The summed E-state index contributed by atoms with van der Waals surface area (Å²) in [6.07, 6.45) is 0.674. The first-order valence-electron chi connectivity index (χ1n) is 3.69. The van der Waals surface area contributed by atoms with Gasteiger partial charge < -0.3 is 15.4 Å². The molecule has 0 saturated heterocycles. The van der Waals surface area contributed by atoms with E-state index in [2.05, 4.69) is 23.3 Å². The van der Waals surface area contributed by atoms with Gasteiger partial charge in [0.25, 0.3) is 0 Å². The third-order valence-electron chi connectivity index (χ3n) is 1.51. The third-order valence-corrected chi connectivity index (χ3v) is 1.91. The van der Waals surface area contributed by atoms with E-state index in [1.165, 1.54) is 0 Å². The lowest BCUT2D eigenvalue weighted by molar-refractivity contribution is -0.125. The molecule has 0 heterocycles. The van der Waals surface area contributed by atoms with E-state index < -0.39 is 6.04 Å². The monoisotopic (exact) mass is 190 g/mol. The summed E-state index contributed by atoms with van der Waals surface area (Å²) < 4.78 is 0. The van der Waals surface area contributed by atoms with Crippen LogP contribution in [0.25, 0.3) is 0 Å². The molecule has 0 aliphatic rings. The molecule has 0 aliphatic carbocycles. The van der Waals surface area contributed by atoms with E-state index >= 15 is 0 Å². The highest BCUT2D eigenvalue weighted by atomic mass is 32.1. The van der Waals surface area contributed by atoms with Crippen LogP contribution in [0.2, 0.25) is 0 Å². The van der Waals surface area contributed by atoms with Crippen LogP contribution in [0.4, 0.5) is 0 Å². The molecule has 0 aromatic rings. The molecule has 0 spiro atoms. The summed E-state index contributed by atoms with van der Waals surface area (Å²) >= 11 is 3.90. The number of carbonyl (C=O) groups excluding carboxylic acids is 2. The minimum atomic E-state index is -0.489. The van der Waals surface area contributed by atoms with E-state index in [0.29, 0.717) is 12.0 Å². The van der Waals surface area contributed by atoms with Crippen LogP contribution in [0.3, 0.4) is 0 Å². The molecule has 0 bridgehead atoms. The fourth-order valence-electron chi connectivity index (χ4n) is 0.562. The summed E-state index contributed by atoms with van der Waals surface area (Å²) in [6, 6.07) is -0.774. The molecule has 0 rings (SSSR count). The maximum Gasteiger partial charge on any atom is 0.237 e. The zero-order valence-corrected chi connectivity index (χ0v) is 8.10. The first kappa shape index (κ1) is 11.4. The van der Waals surface area contributed by atoms with Crippen LogP contribution in [-0.2, 0) is 9.59 Å². The topological polar surface area (TPSA) is 58.2 Å². The van der Waals surface area contributed by atoms with Gasteiger partial charge in [-0.3, -0.25) is 4.79 Å². The molecule has 0 radical (unpaired) electrons. The number of thiol groups is 1. The van der Waals surface area contributed by atoms with Crippen molar-refractivity contribution in [1.29, 1.82) is 0 Å². The van der Waals surface area contributed by atoms with Crippen LogP contribution in [0.1, 0.15) is 6.92 Å². The van der Waals surface area contributed by atoms with E-state index in [9.17, 15) is 9.59 Å². The fraction of sp³-hybridized carbons (Fsp3) is 0.714. The number of nitrogens with one attached hydrogen (secondary N) is 2. The standard InChI is InChI=1S/C7H14N2O2S/c1-5(8-2)7(11)9-6(3-10)4-12/h3,5-6,8,12H,4H2,1-2H3,(H,9,11). The Bertz CT molecular complexity index is 163. The van der Waals surface area contributed by atoms with Crippen molar-refractivity contribution in [2.45, 2.75) is 19.0 Å². The molecule has 12 heavy (non-hydrogen) atoms. The highest BCUT2D eigenvalue weighted by Gasteiger charge is 2.13. The van der Waals surface area contributed by atoms with E-state index in [1.807, 2.05) is 0 Å². The van der Waals surface area contributed by atoms with E-state index in [4.69, 9.17) is 0 Å². The zero-order valence-electron chi connectivity index (χ0n) is 7.20. The average Bonchev–Trinajstić information content (AvgIpc) is 2.12. The van der Waals surface area contributed by atoms with Crippen molar-refractivity contribution in [3.63, 3.8) is 0 Å². The summed E-state index contributed by atoms with van der Waals surface area (Å²) in [5.74, 6) is 0.134. The minimum absolute atomic E-state index is 0.191. The van der Waals surface area contributed by atoms with Crippen molar-refractivity contribution in [2.24, 2.45) is 0 Å².